The van der Waals surface area contributed by atoms with Gasteiger partial charge in [-0.2, -0.15) is 0 Å². The molecule has 0 aliphatic carbocycles. The van der Waals surface area contributed by atoms with E-state index in [9.17, 15) is 4.79 Å². The fraction of sp³-hybridized carbons (Fsp3) is 0.250. The molecule has 0 spiro atoms. The molecular formula is C20H20ClN3O2. The van der Waals surface area contributed by atoms with Crippen LogP contribution in [0.4, 0.5) is 11.5 Å². The number of nitrogens with one attached hydrogen (secondary N) is 1. The van der Waals surface area contributed by atoms with Gasteiger partial charge in [0.2, 0.25) is 0 Å². The lowest BCUT2D eigenvalue weighted by Gasteiger charge is -2.13. The zero-order valence-electron chi connectivity index (χ0n) is 15.2. The molecule has 1 heterocycles. The maximum Gasteiger partial charge on any atom is 0.360 e. The summed E-state index contributed by atoms with van der Waals surface area (Å²) in [5.41, 5.74) is 5.42. The Morgan fingerprint density at radius 2 is 1.69 bits per heavy atom. The molecule has 1 aromatic heterocycles. The quantitative estimate of drug-likeness (QED) is 0.646. The highest BCUT2D eigenvalue weighted by molar-refractivity contribution is 6.31. The molecule has 0 radical (unpaired) electrons. The van der Waals surface area contributed by atoms with Crippen LogP contribution < -0.4 is 5.32 Å². The highest BCUT2D eigenvalue weighted by Gasteiger charge is 2.18. The minimum absolute atomic E-state index is 0.152. The van der Waals surface area contributed by atoms with Gasteiger partial charge in [0.1, 0.15) is 0 Å². The van der Waals surface area contributed by atoms with Gasteiger partial charge >= 0.3 is 5.97 Å². The Balaban J connectivity index is 2.13. The number of benzene rings is 2. The summed E-state index contributed by atoms with van der Waals surface area (Å²) in [5.74, 6) is -0.167. The largest absolute Gasteiger partial charge is 0.461 e. The van der Waals surface area contributed by atoms with Crippen molar-refractivity contribution in [3.05, 3.63) is 57.7 Å². The first kappa shape index (κ1) is 18.1. The first-order valence-electron chi connectivity index (χ1n) is 8.38. The standard InChI is InChI=1S/C20H20ClN3O2/c1-5-26-20(25)18-19(22-14-7-6-11(2)15(21)10-14)24-17-9-13(4)12(3)8-16(17)23-18/h6-10H,5H2,1-4H3,(H,22,24). The Kier molecular flexibility index (Phi) is 5.09. The number of aromatic nitrogens is 2. The molecule has 3 aromatic rings. The molecule has 5 nitrogen and oxygen atoms in total. The van der Waals surface area contributed by atoms with E-state index in [2.05, 4.69) is 15.3 Å². The monoisotopic (exact) mass is 369 g/mol. The average Bonchev–Trinajstić information content (AvgIpc) is 2.59. The zero-order valence-corrected chi connectivity index (χ0v) is 15.9. The van der Waals surface area contributed by atoms with Crippen molar-refractivity contribution in [1.82, 2.24) is 9.97 Å². The van der Waals surface area contributed by atoms with E-state index in [1.807, 2.05) is 45.0 Å². The van der Waals surface area contributed by atoms with E-state index in [4.69, 9.17) is 16.3 Å². The molecule has 134 valence electrons. The van der Waals surface area contributed by atoms with Gasteiger partial charge in [0.15, 0.2) is 11.5 Å². The summed E-state index contributed by atoms with van der Waals surface area (Å²) in [4.78, 5) is 21.5. The number of ether oxygens (including phenoxy) is 1. The van der Waals surface area contributed by atoms with Crippen LogP contribution in [0.1, 0.15) is 34.1 Å². The van der Waals surface area contributed by atoms with Crippen molar-refractivity contribution in [2.75, 3.05) is 11.9 Å². The maximum atomic E-state index is 12.4. The second kappa shape index (κ2) is 7.30. The summed E-state index contributed by atoms with van der Waals surface area (Å²) in [5, 5.41) is 3.78. The molecule has 0 aliphatic rings. The van der Waals surface area contributed by atoms with Crippen molar-refractivity contribution >= 4 is 40.1 Å². The molecule has 1 N–H and O–H groups in total. The van der Waals surface area contributed by atoms with E-state index >= 15 is 0 Å². The molecule has 0 aliphatic heterocycles. The number of carbonyl (C=O) groups is 1. The van der Waals surface area contributed by atoms with E-state index in [1.54, 1.807) is 13.0 Å². The zero-order chi connectivity index (χ0) is 18.8. The van der Waals surface area contributed by atoms with E-state index in [0.717, 1.165) is 22.4 Å². The van der Waals surface area contributed by atoms with Crippen LogP contribution in [0.2, 0.25) is 5.02 Å². The molecule has 6 heteroatoms. The van der Waals surface area contributed by atoms with Crippen molar-refractivity contribution in [2.24, 2.45) is 0 Å². The Morgan fingerprint density at radius 3 is 2.31 bits per heavy atom. The van der Waals surface area contributed by atoms with Gasteiger partial charge in [0.05, 0.1) is 17.6 Å². The predicted octanol–water partition coefficient (Wildman–Crippen LogP) is 5.13. The van der Waals surface area contributed by atoms with Crippen molar-refractivity contribution in [2.45, 2.75) is 27.7 Å². The number of halogens is 1. The van der Waals surface area contributed by atoms with E-state index in [0.29, 0.717) is 21.9 Å². The van der Waals surface area contributed by atoms with Crippen LogP contribution in [0.3, 0.4) is 0 Å². The van der Waals surface area contributed by atoms with Crippen molar-refractivity contribution < 1.29 is 9.53 Å². The van der Waals surface area contributed by atoms with Gasteiger partial charge in [-0.05, 0) is 68.7 Å². The smallest absolute Gasteiger partial charge is 0.360 e. The van der Waals surface area contributed by atoms with Crippen LogP contribution in [0.15, 0.2) is 30.3 Å². The van der Waals surface area contributed by atoms with Gasteiger partial charge in [-0.25, -0.2) is 14.8 Å². The van der Waals surface area contributed by atoms with Crippen molar-refractivity contribution in [3.8, 4) is 0 Å². The molecule has 0 bridgehead atoms. The van der Waals surface area contributed by atoms with Crippen LogP contribution in [0.25, 0.3) is 11.0 Å². The average molecular weight is 370 g/mol. The molecule has 26 heavy (non-hydrogen) atoms. The number of nitrogens with zero attached hydrogens (tertiary/aromatic N) is 2. The van der Waals surface area contributed by atoms with E-state index < -0.39 is 5.97 Å². The van der Waals surface area contributed by atoms with Crippen LogP contribution in [-0.4, -0.2) is 22.5 Å². The highest BCUT2D eigenvalue weighted by Crippen LogP contribution is 2.26. The molecule has 0 saturated carbocycles. The first-order chi connectivity index (χ1) is 12.4. The summed E-state index contributed by atoms with van der Waals surface area (Å²) in [7, 11) is 0. The molecule has 3 rings (SSSR count). The van der Waals surface area contributed by atoms with Crippen LogP contribution in [-0.2, 0) is 4.74 Å². The Bertz CT molecular complexity index is 1000. The summed E-state index contributed by atoms with van der Waals surface area (Å²) in [6, 6.07) is 9.45. The number of rotatable bonds is 4. The number of hydrogen-bond acceptors (Lipinski definition) is 5. The number of carbonyl (C=O) groups excluding carboxylic acids is 1. The topological polar surface area (TPSA) is 64.1 Å². The summed E-state index contributed by atoms with van der Waals surface area (Å²) in [6.07, 6.45) is 0. The molecule has 0 unspecified atom stereocenters. The number of hydrogen-bond donors (Lipinski definition) is 1. The second-order valence-corrected chi connectivity index (χ2v) is 6.56. The van der Waals surface area contributed by atoms with Gasteiger partial charge in [-0.3, -0.25) is 0 Å². The number of esters is 1. The summed E-state index contributed by atoms with van der Waals surface area (Å²) < 4.78 is 5.14. The van der Waals surface area contributed by atoms with Crippen molar-refractivity contribution in [3.63, 3.8) is 0 Å². The van der Waals surface area contributed by atoms with Crippen LogP contribution in [0.5, 0.6) is 0 Å². The van der Waals surface area contributed by atoms with Crippen LogP contribution >= 0.6 is 11.6 Å². The minimum Gasteiger partial charge on any atom is -0.461 e. The SMILES string of the molecule is CCOC(=O)c1nc2cc(C)c(C)cc2nc1Nc1ccc(C)c(Cl)c1. The lowest BCUT2D eigenvalue weighted by molar-refractivity contribution is 0.0521. The summed E-state index contributed by atoms with van der Waals surface area (Å²) in [6.45, 7) is 7.97. The molecule has 0 fully saturated rings. The lowest BCUT2D eigenvalue weighted by Crippen LogP contribution is -2.12. The summed E-state index contributed by atoms with van der Waals surface area (Å²) >= 11 is 6.20. The van der Waals surface area contributed by atoms with Gasteiger partial charge in [-0.15, -0.1) is 0 Å². The van der Waals surface area contributed by atoms with Gasteiger partial charge in [-0.1, -0.05) is 17.7 Å². The van der Waals surface area contributed by atoms with Crippen molar-refractivity contribution in [1.29, 1.82) is 0 Å². The molecule has 2 aromatic carbocycles. The molecule has 0 saturated heterocycles. The third-order valence-corrected chi connectivity index (χ3v) is 4.59. The maximum absolute atomic E-state index is 12.4. The highest BCUT2D eigenvalue weighted by atomic mass is 35.5. The molecular weight excluding hydrogens is 350 g/mol. The Morgan fingerprint density at radius 1 is 1.04 bits per heavy atom. The minimum atomic E-state index is -0.513. The number of fused-ring (bicyclic) bond motifs is 1. The van der Waals surface area contributed by atoms with Gasteiger partial charge < -0.3 is 10.1 Å². The van der Waals surface area contributed by atoms with Crippen LogP contribution in [0, 0.1) is 20.8 Å². The predicted molar refractivity (Wildman–Crippen MR) is 104 cm³/mol. The number of aryl methyl sites for hydroxylation is 3. The lowest BCUT2D eigenvalue weighted by atomic mass is 10.1. The normalized spacial score (nSPS) is 10.8. The Labute approximate surface area is 157 Å². The second-order valence-electron chi connectivity index (χ2n) is 6.16. The molecule has 0 amide bonds. The Hall–Kier alpha value is -2.66. The number of anilines is 2. The molecule has 0 atom stereocenters. The van der Waals surface area contributed by atoms with Gasteiger partial charge in [0.25, 0.3) is 0 Å². The van der Waals surface area contributed by atoms with E-state index in [-0.39, 0.29) is 12.3 Å². The fourth-order valence-electron chi connectivity index (χ4n) is 2.55. The van der Waals surface area contributed by atoms with E-state index in [1.165, 1.54) is 0 Å². The third kappa shape index (κ3) is 3.63. The fourth-order valence-corrected chi connectivity index (χ4v) is 2.73. The third-order valence-electron chi connectivity index (χ3n) is 4.18. The van der Waals surface area contributed by atoms with Gasteiger partial charge in [0, 0.05) is 10.7 Å². The first-order valence-corrected chi connectivity index (χ1v) is 8.76.